The van der Waals surface area contributed by atoms with Gasteiger partial charge < -0.3 is 14.7 Å². The third kappa shape index (κ3) is 4.11. The van der Waals surface area contributed by atoms with Crippen LogP contribution in [0.15, 0.2) is 35.3 Å². The van der Waals surface area contributed by atoms with Crippen LogP contribution in [-0.2, 0) is 10.3 Å². The minimum atomic E-state index is -1.20. The summed E-state index contributed by atoms with van der Waals surface area (Å²) in [4.78, 5) is 16.5. The Balaban J connectivity index is 1.91. The molecule has 2 bridgehead atoms. The Bertz CT molecular complexity index is 749. The molecular formula is C21H28BrFN2O3. The lowest BCUT2D eigenvalue weighted by Gasteiger charge is -2.55. The van der Waals surface area contributed by atoms with Crippen LogP contribution in [0.25, 0.3) is 0 Å². The SMILES string of the molecule is C=CCN1CC2CN(C(=O)OC(C)(C)C)CC(C1)C2(O)c1ccc(Br)c(F)c1. The number of rotatable bonds is 3. The molecule has 3 rings (SSSR count). The van der Waals surface area contributed by atoms with Crippen molar-refractivity contribution in [1.29, 1.82) is 0 Å². The van der Waals surface area contributed by atoms with E-state index in [1.54, 1.807) is 17.0 Å². The topological polar surface area (TPSA) is 53.0 Å². The van der Waals surface area contributed by atoms with Crippen molar-refractivity contribution in [1.82, 2.24) is 9.80 Å². The Labute approximate surface area is 174 Å². The van der Waals surface area contributed by atoms with Gasteiger partial charge in [0.15, 0.2) is 0 Å². The van der Waals surface area contributed by atoms with Crippen molar-refractivity contribution in [3.8, 4) is 0 Å². The third-order valence-electron chi connectivity index (χ3n) is 5.50. The lowest BCUT2D eigenvalue weighted by Crippen LogP contribution is -2.66. The lowest BCUT2D eigenvalue weighted by molar-refractivity contribution is -0.161. The predicted octanol–water partition coefficient (Wildman–Crippen LogP) is 3.76. The number of fused-ring (bicyclic) bond motifs is 2. The molecule has 0 radical (unpaired) electrons. The van der Waals surface area contributed by atoms with Gasteiger partial charge in [0.05, 0.1) is 4.47 Å². The summed E-state index contributed by atoms with van der Waals surface area (Å²) in [6.07, 6.45) is 1.47. The molecule has 1 N–H and O–H groups in total. The van der Waals surface area contributed by atoms with Crippen molar-refractivity contribution in [2.45, 2.75) is 32.0 Å². The first kappa shape index (κ1) is 21.3. The summed E-state index contributed by atoms with van der Waals surface area (Å²) >= 11 is 3.17. The quantitative estimate of drug-likeness (QED) is 0.706. The highest BCUT2D eigenvalue weighted by Gasteiger charge is 2.54. The van der Waals surface area contributed by atoms with Gasteiger partial charge in [0.25, 0.3) is 0 Å². The number of benzene rings is 1. The zero-order valence-electron chi connectivity index (χ0n) is 16.6. The van der Waals surface area contributed by atoms with E-state index in [9.17, 15) is 14.3 Å². The Morgan fingerprint density at radius 1 is 1.36 bits per heavy atom. The zero-order valence-corrected chi connectivity index (χ0v) is 18.2. The average molecular weight is 455 g/mol. The molecule has 2 heterocycles. The highest BCUT2D eigenvalue weighted by molar-refractivity contribution is 9.10. The van der Waals surface area contributed by atoms with Gasteiger partial charge in [0.2, 0.25) is 0 Å². The number of hydrogen-bond donors (Lipinski definition) is 1. The Morgan fingerprint density at radius 3 is 2.46 bits per heavy atom. The van der Waals surface area contributed by atoms with Gasteiger partial charge in [-0.25, -0.2) is 9.18 Å². The second-order valence-electron chi connectivity index (χ2n) is 8.74. The number of ether oxygens (including phenoxy) is 1. The van der Waals surface area contributed by atoms with Crippen LogP contribution in [0.1, 0.15) is 26.3 Å². The molecule has 0 spiro atoms. The normalized spacial score (nSPS) is 28.1. The van der Waals surface area contributed by atoms with E-state index < -0.39 is 17.0 Å². The van der Waals surface area contributed by atoms with E-state index in [1.807, 2.05) is 26.8 Å². The molecule has 7 heteroatoms. The van der Waals surface area contributed by atoms with Gasteiger partial charge in [-0.15, -0.1) is 6.58 Å². The van der Waals surface area contributed by atoms with Gasteiger partial charge in [0, 0.05) is 44.6 Å². The predicted molar refractivity (Wildman–Crippen MR) is 109 cm³/mol. The molecule has 2 saturated heterocycles. The number of carbonyl (C=O) groups is 1. The van der Waals surface area contributed by atoms with Crippen LogP contribution < -0.4 is 0 Å². The average Bonchev–Trinajstić information content (AvgIpc) is 2.56. The maximum atomic E-state index is 14.2. The van der Waals surface area contributed by atoms with Gasteiger partial charge >= 0.3 is 6.09 Å². The number of nitrogens with zero attached hydrogens (tertiary/aromatic N) is 2. The zero-order chi connectivity index (χ0) is 20.7. The van der Waals surface area contributed by atoms with E-state index in [0.29, 0.717) is 42.8 Å². The van der Waals surface area contributed by atoms with Crippen LogP contribution in [0, 0.1) is 17.7 Å². The summed E-state index contributed by atoms with van der Waals surface area (Å²) in [5.74, 6) is -0.914. The minimum absolute atomic E-state index is 0.256. The van der Waals surface area contributed by atoms with E-state index in [1.165, 1.54) is 6.07 Å². The van der Waals surface area contributed by atoms with E-state index in [0.717, 1.165) is 0 Å². The van der Waals surface area contributed by atoms with Gasteiger partial charge in [-0.3, -0.25) is 4.90 Å². The number of likely N-dealkylation sites (tertiary alicyclic amines) is 2. The summed E-state index contributed by atoms with van der Waals surface area (Å²) in [6, 6.07) is 4.79. The molecule has 1 aromatic carbocycles. The highest BCUT2D eigenvalue weighted by Crippen LogP contribution is 2.46. The first-order valence-corrected chi connectivity index (χ1v) is 10.3. The number of piperidine rings is 2. The summed E-state index contributed by atoms with van der Waals surface area (Å²) in [5.41, 5.74) is -1.22. The number of aliphatic hydroxyl groups is 1. The minimum Gasteiger partial charge on any atom is -0.444 e. The number of carbonyl (C=O) groups excluding carboxylic acids is 1. The molecule has 2 atom stereocenters. The van der Waals surface area contributed by atoms with Crippen LogP contribution in [0.4, 0.5) is 9.18 Å². The fourth-order valence-electron chi connectivity index (χ4n) is 4.33. The molecule has 2 aliphatic heterocycles. The van der Waals surface area contributed by atoms with Crippen LogP contribution in [0.3, 0.4) is 0 Å². The van der Waals surface area contributed by atoms with Crippen molar-refractivity contribution in [3.63, 3.8) is 0 Å². The summed E-state index contributed by atoms with van der Waals surface area (Å²) in [5, 5.41) is 11.7. The molecule has 0 aliphatic carbocycles. The van der Waals surface area contributed by atoms with Crippen molar-refractivity contribution < 1.29 is 19.0 Å². The summed E-state index contributed by atoms with van der Waals surface area (Å²) < 4.78 is 20.1. The largest absolute Gasteiger partial charge is 0.444 e. The molecule has 154 valence electrons. The fourth-order valence-corrected chi connectivity index (χ4v) is 4.58. The van der Waals surface area contributed by atoms with Gasteiger partial charge in [-0.05, 0) is 54.4 Å². The molecule has 28 heavy (non-hydrogen) atoms. The van der Waals surface area contributed by atoms with Crippen LogP contribution in [0.5, 0.6) is 0 Å². The van der Waals surface area contributed by atoms with Crippen LogP contribution in [0.2, 0.25) is 0 Å². The van der Waals surface area contributed by atoms with E-state index in [2.05, 4.69) is 27.4 Å². The number of halogens is 2. The highest BCUT2D eigenvalue weighted by atomic mass is 79.9. The molecule has 1 aromatic rings. The maximum Gasteiger partial charge on any atom is 0.410 e. The maximum absolute atomic E-state index is 14.2. The molecule has 2 aliphatic rings. The Kier molecular flexibility index (Phi) is 5.90. The third-order valence-corrected chi connectivity index (χ3v) is 6.15. The second-order valence-corrected chi connectivity index (χ2v) is 9.59. The first-order chi connectivity index (χ1) is 13.0. The lowest BCUT2D eigenvalue weighted by atomic mass is 9.66. The van der Waals surface area contributed by atoms with Crippen molar-refractivity contribution in [2.75, 3.05) is 32.7 Å². The van der Waals surface area contributed by atoms with Crippen molar-refractivity contribution in [3.05, 3.63) is 46.7 Å². The van der Waals surface area contributed by atoms with E-state index >= 15 is 0 Å². The van der Waals surface area contributed by atoms with Gasteiger partial charge in [-0.2, -0.15) is 0 Å². The summed E-state index contributed by atoms with van der Waals surface area (Å²) in [6.45, 7) is 11.9. The van der Waals surface area contributed by atoms with Crippen LogP contribution >= 0.6 is 15.9 Å². The second kappa shape index (κ2) is 7.76. The van der Waals surface area contributed by atoms with E-state index in [4.69, 9.17) is 4.74 Å². The molecule has 0 aromatic heterocycles. The molecule has 2 unspecified atom stereocenters. The fraction of sp³-hybridized carbons (Fsp3) is 0.571. The molecule has 0 saturated carbocycles. The standard InChI is InChI=1S/C21H28BrFN2O3/c1-5-8-24-10-15-12-25(19(26)28-20(2,3)4)13-16(11-24)21(15,27)14-6-7-17(22)18(23)9-14/h5-7,9,15-16,27H,1,8,10-13H2,2-4H3. The molecular weight excluding hydrogens is 427 g/mol. The molecule has 1 amide bonds. The van der Waals surface area contributed by atoms with Crippen LogP contribution in [-0.4, -0.2) is 59.3 Å². The molecule has 5 nitrogen and oxygen atoms in total. The Morgan fingerprint density at radius 2 is 1.96 bits per heavy atom. The smallest absolute Gasteiger partial charge is 0.410 e. The summed E-state index contributed by atoms with van der Waals surface area (Å²) in [7, 11) is 0. The first-order valence-electron chi connectivity index (χ1n) is 9.53. The van der Waals surface area contributed by atoms with E-state index in [-0.39, 0.29) is 17.9 Å². The van der Waals surface area contributed by atoms with Gasteiger partial charge in [-0.1, -0.05) is 12.1 Å². The Hall–Kier alpha value is -1.44. The monoisotopic (exact) mass is 454 g/mol. The number of hydrogen-bond acceptors (Lipinski definition) is 4. The van der Waals surface area contributed by atoms with Crippen molar-refractivity contribution >= 4 is 22.0 Å². The van der Waals surface area contributed by atoms with Crippen molar-refractivity contribution in [2.24, 2.45) is 11.8 Å². The number of amides is 1. The molecule has 2 fully saturated rings. The van der Waals surface area contributed by atoms with Gasteiger partial charge in [0.1, 0.15) is 17.0 Å².